The number of hydrogen-bond donors (Lipinski definition) is 1. The van der Waals surface area contributed by atoms with Crippen molar-refractivity contribution in [3.05, 3.63) is 55.6 Å². The molecule has 0 unspecified atom stereocenters. The summed E-state index contributed by atoms with van der Waals surface area (Å²) in [6.45, 7) is 12.3. The van der Waals surface area contributed by atoms with Gasteiger partial charge in [0, 0.05) is 17.5 Å². The summed E-state index contributed by atoms with van der Waals surface area (Å²) in [6, 6.07) is 2.20. The van der Waals surface area contributed by atoms with Crippen molar-refractivity contribution in [2.24, 2.45) is 0 Å². The summed E-state index contributed by atoms with van der Waals surface area (Å²) in [5.41, 5.74) is 2.04. The molecule has 1 N–H and O–H groups in total. The van der Waals surface area contributed by atoms with E-state index in [2.05, 4.69) is 15.4 Å². The molecular formula is C25H31N5O6S. The lowest BCUT2D eigenvalue weighted by Gasteiger charge is -2.19. The van der Waals surface area contributed by atoms with Crippen LogP contribution in [-0.2, 0) is 20.7 Å². The van der Waals surface area contributed by atoms with Crippen molar-refractivity contribution in [2.75, 3.05) is 18.5 Å². The normalized spacial score (nSPS) is 11.8. The Bertz CT molecular complexity index is 1400. The molecule has 1 amide bonds. The van der Waals surface area contributed by atoms with Crippen LogP contribution in [0.3, 0.4) is 0 Å². The van der Waals surface area contributed by atoms with Crippen LogP contribution in [0, 0.1) is 20.8 Å². The van der Waals surface area contributed by atoms with Gasteiger partial charge in [-0.3, -0.25) is 14.2 Å². The highest BCUT2D eigenvalue weighted by atomic mass is 32.1. The first kappa shape index (κ1) is 27.8. The zero-order valence-corrected chi connectivity index (χ0v) is 22.8. The van der Waals surface area contributed by atoms with Gasteiger partial charge in [0.2, 0.25) is 11.9 Å². The summed E-state index contributed by atoms with van der Waals surface area (Å²) >= 11 is 0.918. The molecule has 0 radical (unpaired) electrons. The van der Waals surface area contributed by atoms with Crippen LogP contribution in [0.5, 0.6) is 0 Å². The van der Waals surface area contributed by atoms with Crippen LogP contribution in [0.1, 0.15) is 76.4 Å². The minimum Gasteiger partial charge on any atom is -0.462 e. The summed E-state index contributed by atoms with van der Waals surface area (Å²) in [7, 11) is 0. The number of nitrogens with one attached hydrogen (secondary N) is 1. The molecule has 0 aliphatic heterocycles. The van der Waals surface area contributed by atoms with Gasteiger partial charge >= 0.3 is 11.9 Å². The molecule has 3 aromatic rings. The van der Waals surface area contributed by atoms with Crippen LogP contribution in [-0.4, -0.2) is 50.4 Å². The second-order valence-corrected chi connectivity index (χ2v) is 9.34. The average Bonchev–Trinajstić information content (AvgIpc) is 3.35. The van der Waals surface area contributed by atoms with Gasteiger partial charge in [-0.2, -0.15) is 5.10 Å². The Hall–Kier alpha value is -3.80. The van der Waals surface area contributed by atoms with Gasteiger partial charge in [0.1, 0.15) is 15.9 Å². The monoisotopic (exact) mass is 529 g/mol. The predicted molar refractivity (Wildman–Crippen MR) is 139 cm³/mol. The molecular weight excluding hydrogens is 498 g/mol. The van der Waals surface area contributed by atoms with Gasteiger partial charge < -0.3 is 14.8 Å². The van der Waals surface area contributed by atoms with Crippen molar-refractivity contribution in [3.8, 4) is 5.95 Å². The zero-order chi connectivity index (χ0) is 27.4. The number of aromatic nitrogens is 4. The summed E-state index contributed by atoms with van der Waals surface area (Å²) in [5.74, 6) is -1.66. The van der Waals surface area contributed by atoms with Crippen molar-refractivity contribution < 1.29 is 23.9 Å². The van der Waals surface area contributed by atoms with E-state index in [0.717, 1.165) is 22.7 Å². The van der Waals surface area contributed by atoms with E-state index >= 15 is 0 Å². The Morgan fingerprint density at radius 3 is 2.27 bits per heavy atom. The number of anilines is 1. The van der Waals surface area contributed by atoms with E-state index in [0.29, 0.717) is 17.7 Å². The van der Waals surface area contributed by atoms with Crippen molar-refractivity contribution in [1.29, 1.82) is 0 Å². The van der Waals surface area contributed by atoms with Gasteiger partial charge in [0.25, 0.3) is 5.56 Å². The Labute approximate surface area is 218 Å². The van der Waals surface area contributed by atoms with Gasteiger partial charge in [-0.25, -0.2) is 19.3 Å². The Morgan fingerprint density at radius 1 is 1.05 bits per heavy atom. The van der Waals surface area contributed by atoms with E-state index in [1.807, 2.05) is 26.8 Å². The van der Waals surface area contributed by atoms with E-state index in [1.165, 1.54) is 15.3 Å². The molecule has 0 bridgehead atoms. The molecule has 1 atom stereocenters. The highest BCUT2D eigenvalue weighted by Gasteiger charge is 2.30. The third kappa shape index (κ3) is 5.63. The number of aryl methyl sites for hydroxylation is 3. The number of carbonyl (C=O) groups is 3. The highest BCUT2D eigenvalue weighted by Crippen LogP contribution is 2.35. The fourth-order valence-corrected chi connectivity index (χ4v) is 4.92. The Morgan fingerprint density at radius 2 is 1.70 bits per heavy atom. The minimum atomic E-state index is -1.03. The quantitative estimate of drug-likeness (QED) is 0.416. The second kappa shape index (κ2) is 11.5. The van der Waals surface area contributed by atoms with Crippen molar-refractivity contribution in [2.45, 2.75) is 60.9 Å². The Kier molecular flexibility index (Phi) is 8.64. The largest absolute Gasteiger partial charge is 0.462 e. The predicted octanol–water partition coefficient (Wildman–Crippen LogP) is 3.53. The van der Waals surface area contributed by atoms with E-state index in [-0.39, 0.29) is 34.6 Å². The molecule has 0 saturated heterocycles. The Balaban J connectivity index is 2.07. The number of nitrogens with zero attached hydrogens (tertiary/aromatic N) is 4. The lowest BCUT2D eigenvalue weighted by atomic mass is 10.1. The summed E-state index contributed by atoms with van der Waals surface area (Å²) < 4.78 is 13.0. The number of rotatable bonds is 9. The standard InChI is InChI=1S/C25H31N5O6S/c1-8-17-12-18(31)29(25(26-17)30-14(5)11-13(4)28-30)16(7)21(32)27-22-19(23(33)35-9-2)15(6)20(37-22)24(34)36-10-3/h11-12,16H,8-10H2,1-7H3,(H,27,32)/t16-/m0/s1. The van der Waals surface area contributed by atoms with E-state index in [9.17, 15) is 19.2 Å². The van der Waals surface area contributed by atoms with E-state index < -0.39 is 29.4 Å². The number of hydrogen-bond acceptors (Lipinski definition) is 9. The fourth-order valence-electron chi connectivity index (χ4n) is 3.83. The summed E-state index contributed by atoms with van der Waals surface area (Å²) in [5, 5.41) is 7.29. The second-order valence-electron chi connectivity index (χ2n) is 8.31. The molecule has 0 aromatic carbocycles. The average molecular weight is 530 g/mol. The van der Waals surface area contributed by atoms with Gasteiger partial charge in [-0.05, 0) is 59.6 Å². The van der Waals surface area contributed by atoms with Crippen LogP contribution in [0.2, 0.25) is 0 Å². The molecule has 198 valence electrons. The van der Waals surface area contributed by atoms with Gasteiger partial charge in [-0.1, -0.05) is 6.92 Å². The van der Waals surface area contributed by atoms with E-state index in [1.54, 1.807) is 27.7 Å². The fraction of sp³-hybridized carbons (Fsp3) is 0.440. The molecule has 0 fully saturated rings. The molecule has 3 rings (SSSR count). The SMILES string of the molecule is CCOC(=O)c1sc(NC(=O)[C@H](C)n2c(-n3nc(C)cc3C)nc(CC)cc2=O)c(C(=O)OCC)c1C. The molecule has 11 nitrogen and oxygen atoms in total. The van der Waals surface area contributed by atoms with Gasteiger partial charge in [0.05, 0.1) is 24.5 Å². The maximum Gasteiger partial charge on any atom is 0.348 e. The number of thiophene rings is 1. The summed E-state index contributed by atoms with van der Waals surface area (Å²) in [4.78, 5) is 56.5. The first-order valence-electron chi connectivity index (χ1n) is 12.0. The molecule has 0 spiro atoms. The maximum absolute atomic E-state index is 13.5. The molecule has 3 heterocycles. The van der Waals surface area contributed by atoms with Crippen LogP contribution in [0.15, 0.2) is 16.9 Å². The van der Waals surface area contributed by atoms with Crippen molar-refractivity contribution >= 4 is 34.2 Å². The smallest absolute Gasteiger partial charge is 0.348 e. The lowest BCUT2D eigenvalue weighted by Crippen LogP contribution is -2.35. The molecule has 37 heavy (non-hydrogen) atoms. The number of amides is 1. The van der Waals surface area contributed by atoms with Crippen LogP contribution < -0.4 is 10.9 Å². The molecule has 0 aliphatic rings. The maximum atomic E-state index is 13.5. The van der Waals surface area contributed by atoms with E-state index in [4.69, 9.17) is 9.47 Å². The van der Waals surface area contributed by atoms with Crippen molar-refractivity contribution in [3.63, 3.8) is 0 Å². The third-order valence-corrected chi connectivity index (χ3v) is 6.83. The van der Waals surface area contributed by atoms with Crippen LogP contribution in [0.25, 0.3) is 5.95 Å². The first-order valence-corrected chi connectivity index (χ1v) is 12.8. The minimum absolute atomic E-state index is 0.0704. The van der Waals surface area contributed by atoms with Crippen LogP contribution in [0.4, 0.5) is 5.00 Å². The zero-order valence-electron chi connectivity index (χ0n) is 22.0. The molecule has 12 heteroatoms. The summed E-state index contributed by atoms with van der Waals surface area (Å²) in [6.07, 6.45) is 0.525. The number of ether oxygens (including phenoxy) is 2. The highest BCUT2D eigenvalue weighted by molar-refractivity contribution is 7.18. The van der Waals surface area contributed by atoms with Gasteiger partial charge in [0.15, 0.2) is 0 Å². The number of esters is 2. The number of carbonyl (C=O) groups excluding carboxylic acids is 3. The van der Waals surface area contributed by atoms with Gasteiger partial charge in [-0.15, -0.1) is 11.3 Å². The lowest BCUT2D eigenvalue weighted by molar-refractivity contribution is -0.118. The first-order chi connectivity index (χ1) is 17.5. The molecule has 0 saturated carbocycles. The van der Waals surface area contributed by atoms with Crippen LogP contribution >= 0.6 is 11.3 Å². The molecule has 0 aliphatic carbocycles. The topological polar surface area (TPSA) is 134 Å². The molecule has 3 aromatic heterocycles. The van der Waals surface area contributed by atoms with Crippen molar-refractivity contribution in [1.82, 2.24) is 19.3 Å². The third-order valence-electron chi connectivity index (χ3n) is 5.64.